The van der Waals surface area contributed by atoms with E-state index < -0.39 is 0 Å². The zero-order valence-electron chi connectivity index (χ0n) is 12.2. The van der Waals surface area contributed by atoms with Gasteiger partial charge in [-0.1, -0.05) is 12.1 Å². The number of carbonyl (C=O) groups excluding carboxylic acids is 1. The molecule has 0 atom stereocenters. The quantitative estimate of drug-likeness (QED) is 0.927. The van der Waals surface area contributed by atoms with Crippen molar-refractivity contribution >= 4 is 23.4 Å². The molecule has 1 fully saturated rings. The van der Waals surface area contributed by atoms with Crippen molar-refractivity contribution in [1.29, 1.82) is 0 Å². The van der Waals surface area contributed by atoms with Crippen molar-refractivity contribution in [2.24, 2.45) is 0 Å². The molecular formula is C16H22N2O2S. The highest BCUT2D eigenvalue weighted by atomic mass is 32.2. The Balaban J connectivity index is 1.51. The largest absolute Gasteiger partial charge is 0.378 e. The summed E-state index contributed by atoms with van der Waals surface area (Å²) in [5, 5.41) is 3.32. The van der Waals surface area contributed by atoms with Gasteiger partial charge in [0.1, 0.15) is 0 Å². The minimum Gasteiger partial charge on any atom is -0.378 e. The van der Waals surface area contributed by atoms with Crippen molar-refractivity contribution < 1.29 is 9.53 Å². The number of benzene rings is 1. The number of rotatable bonds is 4. The van der Waals surface area contributed by atoms with Crippen molar-refractivity contribution in [3.05, 3.63) is 24.3 Å². The molecule has 3 rings (SSSR count). The van der Waals surface area contributed by atoms with Crippen LogP contribution in [-0.4, -0.2) is 44.0 Å². The molecule has 0 aliphatic carbocycles. The first-order valence-corrected chi connectivity index (χ1v) is 8.67. The number of nitrogens with one attached hydrogen (secondary N) is 1. The minimum absolute atomic E-state index is 0.177. The molecule has 0 saturated carbocycles. The highest BCUT2D eigenvalue weighted by molar-refractivity contribution is 7.99. The van der Waals surface area contributed by atoms with Gasteiger partial charge in [-0.25, -0.2) is 0 Å². The van der Waals surface area contributed by atoms with Gasteiger partial charge in [-0.2, -0.15) is 0 Å². The Bertz CT molecular complexity index is 489. The van der Waals surface area contributed by atoms with Crippen molar-refractivity contribution in [2.45, 2.75) is 30.3 Å². The molecule has 1 aromatic carbocycles. The third kappa shape index (κ3) is 3.78. The molecule has 1 saturated heterocycles. The molecule has 1 N–H and O–H groups in total. The number of piperidine rings is 1. The minimum atomic E-state index is 0.177. The number of hydrogen-bond acceptors (Lipinski definition) is 4. The topological polar surface area (TPSA) is 41.6 Å². The summed E-state index contributed by atoms with van der Waals surface area (Å²) in [5.41, 5.74) is 1.06. The van der Waals surface area contributed by atoms with Crippen LogP contribution in [0.4, 0.5) is 5.69 Å². The van der Waals surface area contributed by atoms with Gasteiger partial charge in [0.2, 0.25) is 5.91 Å². The molecule has 1 aromatic rings. The summed E-state index contributed by atoms with van der Waals surface area (Å²) in [4.78, 5) is 15.5. The number of carbonyl (C=O) groups is 1. The second-order valence-electron chi connectivity index (χ2n) is 5.43. The van der Waals surface area contributed by atoms with E-state index in [1.807, 2.05) is 34.9 Å². The number of ether oxygens (including phenoxy) is 1. The van der Waals surface area contributed by atoms with E-state index in [0.29, 0.717) is 19.1 Å². The van der Waals surface area contributed by atoms with Gasteiger partial charge in [-0.3, -0.25) is 4.79 Å². The van der Waals surface area contributed by atoms with Gasteiger partial charge in [0.15, 0.2) is 0 Å². The highest BCUT2D eigenvalue weighted by Crippen LogP contribution is 2.34. The predicted octanol–water partition coefficient (Wildman–Crippen LogP) is 2.28. The smallest absolute Gasteiger partial charge is 0.229 e. The number of amides is 1. The number of hydrogen-bond donors (Lipinski definition) is 1. The monoisotopic (exact) mass is 306 g/mol. The van der Waals surface area contributed by atoms with Gasteiger partial charge in [-0.15, -0.1) is 11.8 Å². The molecule has 0 bridgehead atoms. The van der Waals surface area contributed by atoms with Crippen molar-refractivity contribution in [3.8, 4) is 0 Å². The Labute approximate surface area is 130 Å². The van der Waals surface area contributed by atoms with Gasteiger partial charge in [0.05, 0.1) is 24.8 Å². The normalized spacial score (nSPS) is 19.3. The number of thioether (sulfide) groups is 1. The van der Waals surface area contributed by atoms with Gasteiger partial charge in [0, 0.05) is 17.2 Å². The first-order valence-electron chi connectivity index (χ1n) is 7.69. The molecule has 2 heterocycles. The molecule has 5 heteroatoms. The lowest BCUT2D eigenvalue weighted by atomic mass is 10.1. The van der Waals surface area contributed by atoms with Crippen molar-refractivity contribution in [1.82, 2.24) is 5.32 Å². The van der Waals surface area contributed by atoms with Crippen LogP contribution in [0.2, 0.25) is 0 Å². The van der Waals surface area contributed by atoms with Gasteiger partial charge in [0.25, 0.3) is 0 Å². The first kappa shape index (κ1) is 14.9. The highest BCUT2D eigenvalue weighted by Gasteiger charge is 2.22. The van der Waals surface area contributed by atoms with Gasteiger partial charge < -0.3 is 15.0 Å². The molecule has 1 amide bonds. The Morgan fingerprint density at radius 3 is 3.00 bits per heavy atom. The van der Waals surface area contributed by atoms with Crippen LogP contribution in [0.15, 0.2) is 29.2 Å². The molecule has 2 aliphatic rings. The molecule has 4 nitrogen and oxygen atoms in total. The molecule has 0 spiro atoms. The summed E-state index contributed by atoms with van der Waals surface area (Å²) in [7, 11) is 0. The van der Waals surface area contributed by atoms with E-state index in [4.69, 9.17) is 4.74 Å². The zero-order valence-corrected chi connectivity index (χ0v) is 13.0. The maximum absolute atomic E-state index is 12.4. The summed E-state index contributed by atoms with van der Waals surface area (Å²) in [6, 6.07) is 8.15. The van der Waals surface area contributed by atoms with Crippen LogP contribution in [0.25, 0.3) is 0 Å². The molecule has 114 valence electrons. The van der Waals surface area contributed by atoms with Crippen molar-refractivity contribution in [2.75, 3.05) is 36.9 Å². The van der Waals surface area contributed by atoms with Crippen LogP contribution < -0.4 is 10.2 Å². The van der Waals surface area contributed by atoms with Crippen LogP contribution >= 0.6 is 11.8 Å². The Morgan fingerprint density at radius 2 is 2.14 bits per heavy atom. The summed E-state index contributed by atoms with van der Waals surface area (Å²) >= 11 is 1.82. The second-order valence-corrected chi connectivity index (χ2v) is 6.57. The number of fused-ring (bicyclic) bond motifs is 1. The van der Waals surface area contributed by atoms with E-state index in [1.165, 1.54) is 4.90 Å². The molecule has 0 unspecified atom stereocenters. The summed E-state index contributed by atoms with van der Waals surface area (Å²) in [6.45, 7) is 3.38. The maximum Gasteiger partial charge on any atom is 0.229 e. The SMILES string of the molecule is O=C(CCOC1CCNCC1)N1CCSc2ccccc21. The van der Waals surface area contributed by atoms with Gasteiger partial charge >= 0.3 is 0 Å². The average molecular weight is 306 g/mol. The Hall–Kier alpha value is -1.04. The van der Waals surface area contributed by atoms with Crippen LogP contribution in [0.5, 0.6) is 0 Å². The average Bonchev–Trinajstić information content (AvgIpc) is 2.55. The molecular weight excluding hydrogens is 284 g/mol. The molecule has 0 aromatic heterocycles. The van der Waals surface area contributed by atoms with E-state index in [1.54, 1.807) is 0 Å². The lowest BCUT2D eigenvalue weighted by molar-refractivity contribution is -0.120. The van der Waals surface area contributed by atoms with E-state index in [0.717, 1.165) is 43.9 Å². The number of anilines is 1. The molecule has 21 heavy (non-hydrogen) atoms. The fourth-order valence-electron chi connectivity index (χ4n) is 2.84. The third-order valence-corrected chi connectivity index (χ3v) is 5.03. The van der Waals surface area contributed by atoms with E-state index in [9.17, 15) is 4.79 Å². The van der Waals surface area contributed by atoms with Gasteiger partial charge in [-0.05, 0) is 38.1 Å². The summed E-state index contributed by atoms with van der Waals surface area (Å²) < 4.78 is 5.84. The van der Waals surface area contributed by atoms with Crippen LogP contribution in [0.3, 0.4) is 0 Å². The van der Waals surface area contributed by atoms with Crippen LogP contribution in [0, 0.1) is 0 Å². The van der Waals surface area contributed by atoms with E-state index >= 15 is 0 Å². The lowest BCUT2D eigenvalue weighted by Gasteiger charge is -2.29. The Morgan fingerprint density at radius 1 is 1.33 bits per heavy atom. The summed E-state index contributed by atoms with van der Waals surface area (Å²) in [6.07, 6.45) is 2.90. The maximum atomic E-state index is 12.4. The predicted molar refractivity (Wildman–Crippen MR) is 86.0 cm³/mol. The Kier molecular flexibility index (Phi) is 5.17. The zero-order chi connectivity index (χ0) is 14.5. The van der Waals surface area contributed by atoms with E-state index in [-0.39, 0.29) is 5.91 Å². The lowest BCUT2D eigenvalue weighted by Crippen LogP contribution is -2.37. The molecule has 2 aliphatic heterocycles. The van der Waals surface area contributed by atoms with E-state index in [2.05, 4.69) is 11.4 Å². The number of para-hydroxylation sites is 1. The standard InChI is InChI=1S/C16H22N2O2S/c19-16(7-11-20-13-5-8-17-9-6-13)18-10-12-21-15-4-2-1-3-14(15)18/h1-4,13,17H,5-12H2. The third-order valence-electron chi connectivity index (χ3n) is 3.99. The number of nitrogens with zero attached hydrogens (tertiary/aromatic N) is 1. The first-order chi connectivity index (χ1) is 10.3. The second kappa shape index (κ2) is 7.29. The fourth-order valence-corrected chi connectivity index (χ4v) is 3.83. The fraction of sp³-hybridized carbons (Fsp3) is 0.562. The van der Waals surface area contributed by atoms with Crippen molar-refractivity contribution in [3.63, 3.8) is 0 Å². The van der Waals surface area contributed by atoms with Crippen LogP contribution in [-0.2, 0) is 9.53 Å². The summed E-state index contributed by atoms with van der Waals surface area (Å²) in [5.74, 6) is 1.15. The van der Waals surface area contributed by atoms with Crippen LogP contribution in [0.1, 0.15) is 19.3 Å². The molecule has 0 radical (unpaired) electrons.